The van der Waals surface area contributed by atoms with E-state index in [4.69, 9.17) is 0 Å². The average molecular weight is 338 g/mol. The van der Waals surface area contributed by atoms with Crippen LogP contribution >= 0.6 is 0 Å². The highest BCUT2D eigenvalue weighted by Gasteiger charge is 2.39. The zero-order chi connectivity index (χ0) is 17.3. The predicted molar refractivity (Wildman–Crippen MR) is 82.5 cm³/mol. The van der Waals surface area contributed by atoms with Crippen molar-refractivity contribution in [2.45, 2.75) is 31.5 Å². The fraction of sp³-hybridized carbons (Fsp3) is 0.412. The van der Waals surface area contributed by atoms with E-state index in [0.29, 0.717) is 24.8 Å². The van der Waals surface area contributed by atoms with Crippen LogP contribution in [0.5, 0.6) is 0 Å². The Balaban J connectivity index is 2.11. The van der Waals surface area contributed by atoms with Gasteiger partial charge in [0, 0.05) is 11.9 Å². The standard InChI is InChI=1S/C17H17F3N2O2/c18-17(19,20)15-13(9-11-5-1-2-7-14(11)21-15)16(24)22-8-4-3-6-12(22)10-23/h1-2,5,7,9,12,23H,3-4,6,8,10H2. The minimum atomic E-state index is -4.72. The van der Waals surface area contributed by atoms with Gasteiger partial charge >= 0.3 is 6.18 Å². The minimum Gasteiger partial charge on any atom is -0.394 e. The van der Waals surface area contributed by atoms with Crippen LogP contribution in [-0.2, 0) is 6.18 Å². The van der Waals surface area contributed by atoms with Crippen molar-refractivity contribution in [2.75, 3.05) is 13.2 Å². The molecular weight excluding hydrogens is 321 g/mol. The third-order valence-electron chi connectivity index (χ3n) is 4.32. The van der Waals surface area contributed by atoms with E-state index in [-0.39, 0.29) is 12.1 Å². The van der Waals surface area contributed by atoms with E-state index >= 15 is 0 Å². The van der Waals surface area contributed by atoms with E-state index in [1.54, 1.807) is 18.2 Å². The fourth-order valence-electron chi connectivity index (χ4n) is 3.11. The molecule has 24 heavy (non-hydrogen) atoms. The Hall–Kier alpha value is -2.15. The Kier molecular flexibility index (Phi) is 4.45. The number of carbonyl (C=O) groups is 1. The van der Waals surface area contributed by atoms with Crippen molar-refractivity contribution in [3.63, 3.8) is 0 Å². The van der Waals surface area contributed by atoms with E-state index in [1.165, 1.54) is 17.0 Å². The molecule has 128 valence electrons. The second-order valence-corrected chi connectivity index (χ2v) is 5.91. The lowest BCUT2D eigenvalue weighted by atomic mass is 10.00. The van der Waals surface area contributed by atoms with Gasteiger partial charge in [0.2, 0.25) is 0 Å². The monoisotopic (exact) mass is 338 g/mol. The molecule has 1 aromatic heterocycles. The van der Waals surface area contributed by atoms with Gasteiger partial charge in [-0.1, -0.05) is 18.2 Å². The number of nitrogens with zero attached hydrogens (tertiary/aromatic N) is 2. The van der Waals surface area contributed by atoms with Crippen LogP contribution in [0.15, 0.2) is 30.3 Å². The van der Waals surface area contributed by atoms with E-state index in [9.17, 15) is 23.1 Å². The van der Waals surface area contributed by atoms with Gasteiger partial charge in [-0.05, 0) is 31.4 Å². The third kappa shape index (κ3) is 3.08. The number of aliphatic hydroxyl groups excluding tert-OH is 1. The molecule has 1 atom stereocenters. The van der Waals surface area contributed by atoms with Crippen molar-refractivity contribution in [1.82, 2.24) is 9.88 Å². The molecular formula is C17H17F3N2O2. The first-order valence-electron chi connectivity index (χ1n) is 7.80. The lowest BCUT2D eigenvalue weighted by Gasteiger charge is -2.35. The van der Waals surface area contributed by atoms with E-state index < -0.39 is 29.4 Å². The molecule has 2 heterocycles. The molecule has 3 rings (SSSR count). The first-order valence-corrected chi connectivity index (χ1v) is 7.80. The van der Waals surface area contributed by atoms with Gasteiger partial charge in [0.15, 0.2) is 5.69 Å². The van der Waals surface area contributed by atoms with Crippen LogP contribution in [0, 0.1) is 0 Å². The summed E-state index contributed by atoms with van der Waals surface area (Å²) in [7, 11) is 0. The summed E-state index contributed by atoms with van der Waals surface area (Å²) in [5.41, 5.74) is -1.44. The van der Waals surface area contributed by atoms with Gasteiger partial charge in [0.1, 0.15) is 0 Å². The second kappa shape index (κ2) is 6.39. The van der Waals surface area contributed by atoms with Crippen molar-refractivity contribution < 1.29 is 23.1 Å². The number of hydrogen-bond acceptors (Lipinski definition) is 3. The number of fused-ring (bicyclic) bond motifs is 1. The first kappa shape index (κ1) is 16.7. The lowest BCUT2D eigenvalue weighted by Crippen LogP contribution is -2.46. The van der Waals surface area contributed by atoms with Crippen LogP contribution in [-0.4, -0.2) is 40.1 Å². The number of halogens is 3. The summed E-state index contributed by atoms with van der Waals surface area (Å²) >= 11 is 0. The molecule has 4 nitrogen and oxygen atoms in total. The first-order chi connectivity index (χ1) is 11.4. The summed E-state index contributed by atoms with van der Waals surface area (Å²) in [5, 5.41) is 9.90. The van der Waals surface area contributed by atoms with Gasteiger partial charge in [0.05, 0.1) is 23.7 Å². The van der Waals surface area contributed by atoms with Crippen molar-refractivity contribution >= 4 is 16.8 Å². The predicted octanol–water partition coefficient (Wildman–Crippen LogP) is 3.24. The van der Waals surface area contributed by atoms with Crippen molar-refractivity contribution in [3.05, 3.63) is 41.6 Å². The molecule has 0 bridgehead atoms. The molecule has 1 unspecified atom stereocenters. The Morgan fingerprint density at radius 2 is 2.04 bits per heavy atom. The number of likely N-dealkylation sites (tertiary alicyclic amines) is 1. The molecule has 0 aliphatic carbocycles. The van der Waals surface area contributed by atoms with Crippen molar-refractivity contribution in [3.8, 4) is 0 Å². The van der Waals surface area contributed by atoms with Crippen LogP contribution < -0.4 is 0 Å². The maximum absolute atomic E-state index is 13.4. The number of amides is 1. The van der Waals surface area contributed by atoms with Gasteiger partial charge in [0.25, 0.3) is 5.91 Å². The molecule has 1 saturated heterocycles. The number of rotatable bonds is 2. The highest BCUT2D eigenvalue weighted by atomic mass is 19.4. The quantitative estimate of drug-likeness (QED) is 0.915. The number of pyridine rings is 1. The normalized spacial score (nSPS) is 18.8. The zero-order valence-electron chi connectivity index (χ0n) is 12.9. The average Bonchev–Trinajstić information content (AvgIpc) is 2.59. The maximum atomic E-state index is 13.4. The molecule has 0 saturated carbocycles. The summed E-state index contributed by atoms with van der Waals surface area (Å²) in [4.78, 5) is 17.8. The molecule has 1 fully saturated rings. The van der Waals surface area contributed by atoms with E-state index in [1.807, 2.05) is 0 Å². The summed E-state index contributed by atoms with van der Waals surface area (Å²) < 4.78 is 40.2. The number of hydrogen-bond donors (Lipinski definition) is 1. The van der Waals surface area contributed by atoms with Crippen molar-refractivity contribution in [1.29, 1.82) is 0 Å². The SMILES string of the molecule is O=C(c1cc2ccccc2nc1C(F)(F)F)N1CCCCC1CO. The highest BCUT2D eigenvalue weighted by molar-refractivity contribution is 5.99. The van der Waals surface area contributed by atoms with Gasteiger partial charge in [-0.3, -0.25) is 4.79 Å². The third-order valence-corrected chi connectivity index (χ3v) is 4.32. The van der Waals surface area contributed by atoms with Crippen molar-refractivity contribution in [2.24, 2.45) is 0 Å². The molecule has 1 aromatic carbocycles. The lowest BCUT2D eigenvalue weighted by molar-refractivity contribution is -0.141. The molecule has 1 aliphatic heterocycles. The summed E-state index contributed by atoms with van der Waals surface area (Å²) in [5.74, 6) is -0.723. The highest BCUT2D eigenvalue weighted by Crippen LogP contribution is 2.33. The van der Waals surface area contributed by atoms with Gasteiger partial charge in [-0.2, -0.15) is 13.2 Å². The Bertz CT molecular complexity index is 761. The van der Waals surface area contributed by atoms with Gasteiger partial charge in [-0.15, -0.1) is 0 Å². The van der Waals surface area contributed by atoms with Gasteiger partial charge < -0.3 is 10.0 Å². The summed E-state index contributed by atoms with van der Waals surface area (Å²) in [6.07, 6.45) is -2.58. The number of aliphatic hydroxyl groups is 1. The van der Waals surface area contributed by atoms with Crippen LogP contribution in [0.1, 0.15) is 35.3 Å². The zero-order valence-corrected chi connectivity index (χ0v) is 12.9. The van der Waals surface area contributed by atoms with E-state index in [2.05, 4.69) is 4.98 Å². The Labute approximate surface area is 136 Å². The topological polar surface area (TPSA) is 53.4 Å². The Morgan fingerprint density at radius 1 is 1.29 bits per heavy atom. The van der Waals surface area contributed by atoms with Crippen LogP contribution in [0.4, 0.5) is 13.2 Å². The largest absolute Gasteiger partial charge is 0.434 e. The number of alkyl halides is 3. The van der Waals surface area contributed by atoms with Crippen LogP contribution in [0.3, 0.4) is 0 Å². The van der Waals surface area contributed by atoms with Gasteiger partial charge in [-0.25, -0.2) is 4.98 Å². The number of aromatic nitrogens is 1. The number of benzene rings is 1. The molecule has 1 aliphatic rings. The van der Waals surface area contributed by atoms with Crippen LogP contribution in [0.2, 0.25) is 0 Å². The Morgan fingerprint density at radius 3 is 2.75 bits per heavy atom. The maximum Gasteiger partial charge on any atom is 0.434 e. The molecule has 2 aromatic rings. The minimum absolute atomic E-state index is 0.193. The summed E-state index contributed by atoms with van der Waals surface area (Å²) in [6.45, 7) is 0.0856. The smallest absolute Gasteiger partial charge is 0.394 e. The number of piperidine rings is 1. The second-order valence-electron chi connectivity index (χ2n) is 5.91. The molecule has 0 spiro atoms. The number of carbonyl (C=O) groups excluding carboxylic acids is 1. The molecule has 0 radical (unpaired) electrons. The summed E-state index contributed by atoms with van der Waals surface area (Å²) in [6, 6.07) is 7.19. The van der Waals surface area contributed by atoms with Crippen LogP contribution in [0.25, 0.3) is 10.9 Å². The number of para-hydroxylation sites is 1. The van der Waals surface area contributed by atoms with E-state index in [0.717, 1.165) is 6.42 Å². The molecule has 1 amide bonds. The molecule has 1 N–H and O–H groups in total. The fourth-order valence-corrected chi connectivity index (χ4v) is 3.11. The molecule has 7 heteroatoms.